The summed E-state index contributed by atoms with van der Waals surface area (Å²) in [6.45, 7) is 4.02. The van der Waals surface area contributed by atoms with Crippen molar-refractivity contribution >= 4 is 0 Å². The topological polar surface area (TPSA) is 34.1 Å². The van der Waals surface area contributed by atoms with E-state index in [2.05, 4.69) is 17.2 Å². The van der Waals surface area contributed by atoms with Crippen LogP contribution in [0.1, 0.15) is 24.5 Å². The molecule has 0 bridgehead atoms. The average molecular weight is 274 g/mol. The van der Waals surface area contributed by atoms with Gasteiger partial charge in [-0.05, 0) is 42.8 Å². The van der Waals surface area contributed by atoms with Crippen LogP contribution in [0.25, 0.3) is 0 Å². The highest BCUT2D eigenvalue weighted by molar-refractivity contribution is 5.25. The molecule has 20 heavy (non-hydrogen) atoms. The summed E-state index contributed by atoms with van der Waals surface area (Å²) in [4.78, 5) is 3.96. The van der Waals surface area contributed by atoms with E-state index in [0.717, 1.165) is 25.1 Å². The first-order valence-electron chi connectivity index (χ1n) is 6.80. The van der Waals surface area contributed by atoms with E-state index < -0.39 is 0 Å². The molecule has 0 aliphatic carbocycles. The lowest BCUT2D eigenvalue weighted by molar-refractivity contribution is 0.298. The van der Waals surface area contributed by atoms with E-state index in [1.807, 2.05) is 6.07 Å². The smallest absolute Gasteiger partial charge is 0.138 e. The maximum absolute atomic E-state index is 13.7. The van der Waals surface area contributed by atoms with Gasteiger partial charge in [-0.25, -0.2) is 4.39 Å². The summed E-state index contributed by atoms with van der Waals surface area (Å²) in [7, 11) is 0. The maximum atomic E-state index is 13.7. The fraction of sp³-hybridized carbons (Fsp3) is 0.312. The highest BCUT2D eigenvalue weighted by Crippen LogP contribution is 2.14. The van der Waals surface area contributed by atoms with Gasteiger partial charge in [0.15, 0.2) is 0 Å². The van der Waals surface area contributed by atoms with E-state index in [1.54, 1.807) is 30.6 Å². The van der Waals surface area contributed by atoms with E-state index in [4.69, 9.17) is 4.74 Å². The molecule has 3 nitrogen and oxygen atoms in total. The minimum absolute atomic E-state index is 0.207. The van der Waals surface area contributed by atoms with Crippen molar-refractivity contribution in [2.75, 3.05) is 6.54 Å². The summed E-state index contributed by atoms with van der Waals surface area (Å²) in [5.41, 5.74) is 1.62. The van der Waals surface area contributed by atoms with Gasteiger partial charge in [0.05, 0.1) is 6.20 Å². The Morgan fingerprint density at radius 1 is 1.30 bits per heavy atom. The van der Waals surface area contributed by atoms with Crippen LogP contribution in [-0.2, 0) is 13.2 Å². The molecule has 0 aliphatic heterocycles. The molecule has 0 atom stereocenters. The molecule has 1 aromatic carbocycles. The quantitative estimate of drug-likeness (QED) is 0.787. The van der Waals surface area contributed by atoms with Crippen LogP contribution in [0, 0.1) is 5.82 Å². The fourth-order valence-electron chi connectivity index (χ4n) is 1.85. The molecule has 0 radical (unpaired) electrons. The number of hydrogen-bond donors (Lipinski definition) is 1. The first-order chi connectivity index (χ1) is 9.79. The number of ether oxygens (including phenoxy) is 1. The maximum Gasteiger partial charge on any atom is 0.138 e. The molecular weight excluding hydrogens is 255 g/mol. The molecule has 1 aromatic heterocycles. The zero-order chi connectivity index (χ0) is 14.2. The van der Waals surface area contributed by atoms with Crippen molar-refractivity contribution in [2.45, 2.75) is 26.5 Å². The van der Waals surface area contributed by atoms with Crippen LogP contribution in [0.5, 0.6) is 5.75 Å². The minimum atomic E-state index is -0.242. The number of pyridine rings is 1. The van der Waals surface area contributed by atoms with Gasteiger partial charge in [0.1, 0.15) is 18.2 Å². The molecule has 2 aromatic rings. The molecule has 0 unspecified atom stereocenters. The van der Waals surface area contributed by atoms with Crippen molar-refractivity contribution in [1.82, 2.24) is 10.3 Å². The van der Waals surface area contributed by atoms with Gasteiger partial charge in [-0.2, -0.15) is 0 Å². The molecule has 1 heterocycles. The summed E-state index contributed by atoms with van der Waals surface area (Å²) in [6.07, 6.45) is 4.37. The fourth-order valence-corrected chi connectivity index (χ4v) is 1.85. The van der Waals surface area contributed by atoms with E-state index >= 15 is 0 Å². The minimum Gasteiger partial charge on any atom is -0.487 e. The first-order valence-corrected chi connectivity index (χ1v) is 6.80. The van der Waals surface area contributed by atoms with Crippen molar-refractivity contribution in [3.8, 4) is 5.75 Å². The Bertz CT molecular complexity index is 531. The molecule has 0 saturated carbocycles. The first kappa shape index (κ1) is 14.5. The van der Waals surface area contributed by atoms with E-state index in [1.165, 1.54) is 6.07 Å². The lowest BCUT2D eigenvalue weighted by atomic mass is 10.1. The number of rotatable bonds is 7. The SMILES string of the molecule is CCCNCc1ccc(F)c(COc2cccnc2)c1. The van der Waals surface area contributed by atoms with Crippen LogP contribution < -0.4 is 10.1 Å². The van der Waals surface area contributed by atoms with E-state index in [-0.39, 0.29) is 12.4 Å². The van der Waals surface area contributed by atoms with Crippen molar-refractivity contribution in [3.05, 3.63) is 59.7 Å². The summed E-state index contributed by atoms with van der Waals surface area (Å²) in [6, 6.07) is 8.72. The van der Waals surface area contributed by atoms with Crippen LogP contribution in [0.4, 0.5) is 4.39 Å². The third-order valence-electron chi connectivity index (χ3n) is 2.89. The Kier molecular flexibility index (Phi) is 5.50. The van der Waals surface area contributed by atoms with Gasteiger partial charge in [-0.1, -0.05) is 13.0 Å². The second-order valence-electron chi connectivity index (χ2n) is 4.58. The third-order valence-corrected chi connectivity index (χ3v) is 2.89. The van der Waals surface area contributed by atoms with Gasteiger partial charge < -0.3 is 10.1 Å². The molecule has 4 heteroatoms. The summed E-state index contributed by atoms with van der Waals surface area (Å²) in [5, 5.41) is 3.30. The van der Waals surface area contributed by atoms with Crippen LogP contribution in [-0.4, -0.2) is 11.5 Å². The Hall–Kier alpha value is -1.94. The van der Waals surface area contributed by atoms with Crippen LogP contribution in [0.15, 0.2) is 42.7 Å². The van der Waals surface area contributed by atoms with Gasteiger partial charge >= 0.3 is 0 Å². The molecule has 0 aliphatic rings. The standard InChI is InChI=1S/C16H19FN2O/c1-2-7-18-10-13-5-6-16(17)14(9-13)12-20-15-4-3-8-19-11-15/h3-6,8-9,11,18H,2,7,10,12H2,1H3. The molecule has 0 saturated heterocycles. The van der Waals surface area contributed by atoms with Crippen LogP contribution in [0.3, 0.4) is 0 Å². The number of aromatic nitrogens is 1. The average Bonchev–Trinajstić information content (AvgIpc) is 2.49. The van der Waals surface area contributed by atoms with Crippen molar-refractivity contribution in [2.24, 2.45) is 0 Å². The number of nitrogens with zero attached hydrogens (tertiary/aromatic N) is 1. The Morgan fingerprint density at radius 3 is 2.95 bits per heavy atom. The normalized spacial score (nSPS) is 10.5. The molecule has 2 rings (SSSR count). The van der Waals surface area contributed by atoms with Crippen molar-refractivity contribution < 1.29 is 9.13 Å². The Labute approximate surface area is 118 Å². The second-order valence-corrected chi connectivity index (χ2v) is 4.58. The van der Waals surface area contributed by atoms with Gasteiger partial charge in [-0.3, -0.25) is 4.98 Å². The zero-order valence-corrected chi connectivity index (χ0v) is 11.6. The summed E-state index contributed by atoms with van der Waals surface area (Å²) >= 11 is 0. The number of halogens is 1. The van der Waals surface area contributed by atoms with Gasteiger partial charge in [-0.15, -0.1) is 0 Å². The molecule has 0 amide bonds. The van der Waals surface area contributed by atoms with E-state index in [9.17, 15) is 4.39 Å². The monoisotopic (exact) mass is 274 g/mol. The highest BCUT2D eigenvalue weighted by atomic mass is 19.1. The largest absolute Gasteiger partial charge is 0.487 e. The van der Waals surface area contributed by atoms with Gasteiger partial charge in [0.25, 0.3) is 0 Å². The highest BCUT2D eigenvalue weighted by Gasteiger charge is 2.05. The summed E-state index contributed by atoms with van der Waals surface area (Å²) in [5.74, 6) is 0.398. The Morgan fingerprint density at radius 2 is 2.20 bits per heavy atom. The molecule has 0 fully saturated rings. The van der Waals surface area contributed by atoms with Crippen molar-refractivity contribution in [1.29, 1.82) is 0 Å². The molecule has 0 spiro atoms. The molecule has 1 N–H and O–H groups in total. The number of nitrogens with one attached hydrogen (secondary N) is 1. The van der Waals surface area contributed by atoms with Crippen LogP contribution in [0.2, 0.25) is 0 Å². The number of hydrogen-bond acceptors (Lipinski definition) is 3. The molecule has 106 valence electrons. The van der Waals surface area contributed by atoms with Crippen molar-refractivity contribution in [3.63, 3.8) is 0 Å². The zero-order valence-electron chi connectivity index (χ0n) is 11.6. The number of benzene rings is 1. The molecular formula is C16H19FN2O. The van der Waals surface area contributed by atoms with Gasteiger partial charge in [0.2, 0.25) is 0 Å². The van der Waals surface area contributed by atoms with Crippen LogP contribution >= 0.6 is 0 Å². The lowest BCUT2D eigenvalue weighted by Gasteiger charge is -2.09. The lowest BCUT2D eigenvalue weighted by Crippen LogP contribution is -2.14. The second kappa shape index (κ2) is 7.60. The third kappa shape index (κ3) is 4.31. The summed E-state index contributed by atoms with van der Waals surface area (Å²) < 4.78 is 19.3. The van der Waals surface area contributed by atoms with E-state index in [0.29, 0.717) is 11.3 Å². The predicted octanol–water partition coefficient (Wildman–Crippen LogP) is 3.30. The van der Waals surface area contributed by atoms with Gasteiger partial charge in [0, 0.05) is 18.3 Å². The predicted molar refractivity (Wildman–Crippen MR) is 77.0 cm³/mol. The Balaban J connectivity index is 1.97.